The fourth-order valence-electron chi connectivity index (χ4n) is 3.76. The molecule has 13 heteroatoms. The van der Waals surface area contributed by atoms with Crippen LogP contribution < -0.4 is 10.6 Å². The number of rotatable bonds is 13. The zero-order valence-corrected chi connectivity index (χ0v) is 21.7. The fourth-order valence-corrected chi connectivity index (χ4v) is 5.18. The van der Waals surface area contributed by atoms with E-state index in [9.17, 15) is 36.0 Å². The summed E-state index contributed by atoms with van der Waals surface area (Å²) in [5.41, 5.74) is 1.20. The van der Waals surface area contributed by atoms with Crippen LogP contribution in [0.1, 0.15) is 31.2 Å². The zero-order valence-electron chi connectivity index (χ0n) is 20.1. The molecular weight excluding hydrogens is 519 g/mol. The molecule has 1 fully saturated rings. The predicted octanol–water partition coefficient (Wildman–Crippen LogP) is 1.94. The van der Waals surface area contributed by atoms with E-state index in [-0.39, 0.29) is 24.6 Å². The van der Waals surface area contributed by atoms with Crippen molar-refractivity contribution in [1.82, 2.24) is 15.5 Å². The van der Waals surface area contributed by atoms with Crippen LogP contribution in [-0.4, -0.2) is 85.8 Å². The first-order valence-corrected chi connectivity index (χ1v) is 14.8. The molecule has 2 rings (SSSR count). The molecule has 1 heterocycles. The van der Waals surface area contributed by atoms with Crippen LogP contribution >= 0.6 is 11.8 Å². The summed E-state index contributed by atoms with van der Waals surface area (Å²) in [4.78, 5) is 38.3. The summed E-state index contributed by atoms with van der Waals surface area (Å²) in [6.07, 6.45) is -2.22. The highest BCUT2D eigenvalue weighted by Gasteiger charge is 2.37. The normalized spacial score (nSPS) is 16.3. The lowest BCUT2D eigenvalue weighted by Crippen LogP contribution is -2.52. The first-order chi connectivity index (χ1) is 16.8. The average molecular weight is 552 g/mol. The summed E-state index contributed by atoms with van der Waals surface area (Å²) in [5.74, 6) is -4.44. The number of nitrogens with one attached hydrogen (secondary N) is 2. The molecule has 0 aromatic heterocycles. The number of amides is 2. The van der Waals surface area contributed by atoms with E-state index in [0.29, 0.717) is 12.8 Å². The Morgan fingerprint density at radius 2 is 1.78 bits per heavy atom. The third-order valence-corrected chi connectivity index (χ3v) is 7.39. The lowest BCUT2D eigenvalue weighted by atomic mass is 10.0. The van der Waals surface area contributed by atoms with Crippen LogP contribution in [0, 0.1) is 0 Å². The largest absolute Gasteiger partial charge is 0.450 e. The molecule has 1 atom stereocenters. The molecule has 2 N–H and O–H groups in total. The first kappa shape index (κ1) is 30.1. The summed E-state index contributed by atoms with van der Waals surface area (Å²) >= 11 is 0.792. The average Bonchev–Trinajstić information content (AvgIpc) is 2.78. The first-order valence-electron chi connectivity index (χ1n) is 11.5. The van der Waals surface area contributed by atoms with Crippen LogP contribution in [0.15, 0.2) is 30.3 Å². The van der Waals surface area contributed by atoms with Crippen LogP contribution in [0.2, 0.25) is 0 Å². The third-order valence-electron chi connectivity index (χ3n) is 5.56. The molecule has 1 aliphatic heterocycles. The molecule has 36 heavy (non-hydrogen) atoms. The Hall–Kier alpha value is -2.12. The minimum absolute atomic E-state index is 0.0986. The van der Waals surface area contributed by atoms with Gasteiger partial charge < -0.3 is 10.6 Å². The van der Waals surface area contributed by atoms with E-state index in [0.717, 1.165) is 37.7 Å². The Morgan fingerprint density at radius 3 is 2.36 bits per heavy atom. The number of sulfone groups is 1. The predicted molar refractivity (Wildman–Crippen MR) is 132 cm³/mol. The van der Waals surface area contributed by atoms with E-state index in [1.54, 1.807) is 0 Å². The van der Waals surface area contributed by atoms with Crippen molar-refractivity contribution in [2.45, 2.75) is 50.5 Å². The molecule has 1 aromatic rings. The molecular formula is C23H32F3N3O5S2. The van der Waals surface area contributed by atoms with Gasteiger partial charge in [0.25, 0.3) is 0 Å². The molecule has 0 unspecified atom stereocenters. The van der Waals surface area contributed by atoms with Crippen molar-refractivity contribution in [3.63, 3.8) is 0 Å². The van der Waals surface area contributed by atoms with Crippen molar-refractivity contribution in [1.29, 1.82) is 0 Å². The number of likely N-dealkylation sites (tertiary alicyclic amines) is 1. The summed E-state index contributed by atoms with van der Waals surface area (Å²) in [6, 6.07) is 8.87. The second-order valence-corrected chi connectivity index (χ2v) is 12.1. The number of thioether (sulfide) groups is 1. The molecule has 0 bridgehead atoms. The fraction of sp³-hybridized carbons (Fsp3) is 0.609. The Bertz CT molecular complexity index is 982. The van der Waals surface area contributed by atoms with Gasteiger partial charge in [0, 0.05) is 31.9 Å². The third kappa shape index (κ3) is 11.7. The zero-order chi connectivity index (χ0) is 26.8. The number of carbonyl (C=O) groups excluding carboxylic acids is 3. The number of ketones is 1. The minimum atomic E-state index is -4.88. The van der Waals surface area contributed by atoms with Gasteiger partial charge in [-0.05, 0) is 37.0 Å². The number of hydrogen-bond donors (Lipinski definition) is 2. The summed E-state index contributed by atoms with van der Waals surface area (Å²) < 4.78 is 59.8. The highest BCUT2D eigenvalue weighted by atomic mass is 32.2. The lowest BCUT2D eigenvalue weighted by molar-refractivity contribution is -0.167. The van der Waals surface area contributed by atoms with Crippen LogP contribution in [0.25, 0.3) is 0 Å². The van der Waals surface area contributed by atoms with Crippen LogP contribution in [-0.2, 0) is 30.8 Å². The Balaban J connectivity index is 1.85. The quantitative estimate of drug-likeness (QED) is 0.361. The van der Waals surface area contributed by atoms with Gasteiger partial charge in [-0.3, -0.25) is 19.3 Å². The lowest BCUT2D eigenvalue weighted by Gasteiger charge is -2.33. The van der Waals surface area contributed by atoms with Crippen molar-refractivity contribution < 1.29 is 36.0 Å². The van der Waals surface area contributed by atoms with E-state index in [4.69, 9.17) is 0 Å². The topological polar surface area (TPSA) is 113 Å². The van der Waals surface area contributed by atoms with Gasteiger partial charge >= 0.3 is 6.18 Å². The van der Waals surface area contributed by atoms with Gasteiger partial charge in [-0.1, -0.05) is 30.3 Å². The van der Waals surface area contributed by atoms with Gasteiger partial charge in [-0.2, -0.15) is 24.9 Å². The Labute approximate surface area is 213 Å². The molecule has 0 aliphatic carbocycles. The smallest absolute Gasteiger partial charge is 0.351 e. The van der Waals surface area contributed by atoms with Gasteiger partial charge in [0.1, 0.15) is 11.8 Å². The van der Waals surface area contributed by atoms with Gasteiger partial charge in [0.15, 0.2) is 9.84 Å². The second-order valence-electron chi connectivity index (χ2n) is 8.85. The maximum Gasteiger partial charge on any atom is 0.450 e. The maximum absolute atomic E-state index is 12.9. The number of halogens is 3. The van der Waals surface area contributed by atoms with Crippen molar-refractivity contribution in [2.24, 2.45) is 0 Å². The highest BCUT2D eigenvalue weighted by Crippen LogP contribution is 2.19. The van der Waals surface area contributed by atoms with Gasteiger partial charge in [-0.25, -0.2) is 8.42 Å². The molecule has 1 aliphatic rings. The molecule has 0 spiro atoms. The van der Waals surface area contributed by atoms with E-state index < -0.39 is 51.2 Å². The minimum Gasteiger partial charge on any atom is -0.351 e. The van der Waals surface area contributed by atoms with E-state index in [1.807, 2.05) is 18.2 Å². The number of Topliss-reactive ketones (excluding diaryl/α,β-unsaturated/α-hetero) is 1. The molecule has 1 saturated heterocycles. The van der Waals surface area contributed by atoms with E-state index >= 15 is 0 Å². The van der Waals surface area contributed by atoms with Crippen LogP contribution in [0.4, 0.5) is 13.2 Å². The molecule has 8 nitrogen and oxygen atoms in total. The number of carbonyl (C=O) groups is 3. The van der Waals surface area contributed by atoms with Gasteiger partial charge in [0.2, 0.25) is 17.6 Å². The summed E-state index contributed by atoms with van der Waals surface area (Å²) in [5, 5.41) is 5.34. The SMILES string of the molecule is CS(=O)(=O)CC(=O)N[C@@H](CCCSCC(=O)C(F)(F)F)C(=O)NC1CCN(Cc2ccccc2)CC1. The Kier molecular flexibility index (Phi) is 11.7. The second kappa shape index (κ2) is 14.0. The summed E-state index contributed by atoms with van der Waals surface area (Å²) in [6.45, 7) is 2.35. The van der Waals surface area contributed by atoms with E-state index in [1.165, 1.54) is 5.56 Å². The van der Waals surface area contributed by atoms with Crippen LogP contribution in [0.5, 0.6) is 0 Å². The van der Waals surface area contributed by atoms with E-state index in [2.05, 4.69) is 27.7 Å². The standard InChI is InChI=1S/C23H32F3N3O5S2/c1-36(33,34)16-21(31)28-19(8-5-13-35-15-20(30)23(24,25)26)22(32)27-18-9-11-29(12-10-18)14-17-6-3-2-4-7-17/h2-4,6-7,18-19H,5,8-16H2,1H3,(H,27,32)(H,28,31)/t19-/m0/s1. The summed E-state index contributed by atoms with van der Waals surface area (Å²) in [7, 11) is -3.60. The van der Waals surface area contributed by atoms with Crippen LogP contribution in [0.3, 0.4) is 0 Å². The molecule has 202 valence electrons. The number of hydrogen-bond acceptors (Lipinski definition) is 7. The van der Waals surface area contributed by atoms with Crippen molar-refractivity contribution in [3.8, 4) is 0 Å². The number of piperidine rings is 1. The van der Waals surface area contributed by atoms with Crippen molar-refractivity contribution >= 4 is 39.2 Å². The van der Waals surface area contributed by atoms with Gasteiger partial charge in [0.05, 0.1) is 5.75 Å². The molecule has 0 radical (unpaired) electrons. The Morgan fingerprint density at radius 1 is 1.14 bits per heavy atom. The molecule has 2 amide bonds. The van der Waals surface area contributed by atoms with Gasteiger partial charge in [-0.15, -0.1) is 0 Å². The number of benzene rings is 1. The number of nitrogens with zero attached hydrogens (tertiary/aromatic N) is 1. The number of alkyl halides is 3. The van der Waals surface area contributed by atoms with Crippen molar-refractivity contribution in [2.75, 3.05) is 36.6 Å². The van der Waals surface area contributed by atoms with Crippen molar-refractivity contribution in [3.05, 3.63) is 35.9 Å². The maximum atomic E-state index is 12.9. The molecule has 1 aromatic carbocycles. The molecule has 0 saturated carbocycles. The highest BCUT2D eigenvalue weighted by molar-refractivity contribution is 7.99. The monoisotopic (exact) mass is 551 g/mol.